The fourth-order valence-electron chi connectivity index (χ4n) is 6.31. The van der Waals surface area contributed by atoms with Crippen LogP contribution < -0.4 is 0 Å². The van der Waals surface area contributed by atoms with Crippen molar-refractivity contribution in [3.63, 3.8) is 0 Å². The van der Waals surface area contributed by atoms with Gasteiger partial charge in [0.25, 0.3) is 0 Å². The highest BCUT2D eigenvalue weighted by atomic mass is 16.3. The maximum absolute atomic E-state index is 6.59. The molecule has 2 heterocycles. The minimum absolute atomic E-state index is 0.602. The number of hydrogen-bond donors (Lipinski definition) is 0. The van der Waals surface area contributed by atoms with Crippen molar-refractivity contribution in [1.82, 2.24) is 15.0 Å². The number of benzene rings is 7. The number of furan rings is 1. The van der Waals surface area contributed by atoms with Gasteiger partial charge in [0, 0.05) is 27.5 Å². The van der Waals surface area contributed by atoms with Crippen LogP contribution in [0.25, 0.3) is 88.8 Å². The molecule has 0 saturated heterocycles. The van der Waals surface area contributed by atoms with Crippen molar-refractivity contribution in [3.8, 4) is 45.3 Å². The first-order valence-corrected chi connectivity index (χ1v) is 15.0. The van der Waals surface area contributed by atoms with Crippen molar-refractivity contribution < 1.29 is 4.42 Å². The second-order valence-corrected chi connectivity index (χ2v) is 11.3. The van der Waals surface area contributed by atoms with Crippen LogP contribution in [0, 0.1) is 0 Å². The van der Waals surface area contributed by atoms with Crippen LogP contribution in [0.3, 0.4) is 0 Å². The van der Waals surface area contributed by atoms with E-state index < -0.39 is 0 Å². The Balaban J connectivity index is 1.39. The monoisotopic (exact) mass is 575 g/mol. The average Bonchev–Trinajstić information content (AvgIpc) is 3.51. The fourth-order valence-corrected chi connectivity index (χ4v) is 6.31. The minimum atomic E-state index is 0.602. The lowest BCUT2D eigenvalue weighted by Crippen LogP contribution is -2.00. The third-order valence-corrected chi connectivity index (χ3v) is 8.49. The summed E-state index contributed by atoms with van der Waals surface area (Å²) in [4.78, 5) is 15.4. The van der Waals surface area contributed by atoms with Crippen LogP contribution in [0.2, 0.25) is 0 Å². The van der Waals surface area contributed by atoms with Gasteiger partial charge in [-0.1, -0.05) is 127 Å². The lowest BCUT2D eigenvalue weighted by molar-refractivity contribution is 0.669. The summed E-state index contributed by atoms with van der Waals surface area (Å²) in [6, 6.07) is 52.2. The number of rotatable bonds is 4. The van der Waals surface area contributed by atoms with Gasteiger partial charge < -0.3 is 4.42 Å². The minimum Gasteiger partial charge on any atom is -0.456 e. The van der Waals surface area contributed by atoms with E-state index in [1.807, 2.05) is 36.4 Å². The molecule has 45 heavy (non-hydrogen) atoms. The Hall–Kier alpha value is -6.13. The van der Waals surface area contributed by atoms with Crippen LogP contribution in [0.4, 0.5) is 0 Å². The molecule has 4 nitrogen and oxygen atoms in total. The zero-order valence-corrected chi connectivity index (χ0v) is 24.2. The molecule has 0 aliphatic carbocycles. The summed E-state index contributed by atoms with van der Waals surface area (Å²) in [6.07, 6.45) is 0. The molecule has 0 fully saturated rings. The smallest absolute Gasteiger partial charge is 0.164 e. The molecular weight excluding hydrogens is 550 g/mol. The average molecular weight is 576 g/mol. The summed E-state index contributed by atoms with van der Waals surface area (Å²) >= 11 is 0. The van der Waals surface area contributed by atoms with Gasteiger partial charge in [0.05, 0.1) is 0 Å². The summed E-state index contributed by atoms with van der Waals surface area (Å²) in [5.74, 6) is 1.85. The second kappa shape index (κ2) is 10.2. The van der Waals surface area contributed by atoms with E-state index in [-0.39, 0.29) is 0 Å². The molecule has 0 bridgehead atoms. The molecule has 210 valence electrons. The van der Waals surface area contributed by atoms with E-state index in [2.05, 4.69) is 115 Å². The Kier molecular flexibility index (Phi) is 5.78. The molecule has 9 aromatic rings. The molecule has 0 spiro atoms. The highest BCUT2D eigenvalue weighted by Gasteiger charge is 2.21. The highest BCUT2D eigenvalue weighted by molar-refractivity contribution is 6.23. The van der Waals surface area contributed by atoms with E-state index >= 15 is 0 Å². The van der Waals surface area contributed by atoms with Crippen LogP contribution >= 0.6 is 0 Å². The van der Waals surface area contributed by atoms with Crippen molar-refractivity contribution >= 4 is 43.5 Å². The second-order valence-electron chi connectivity index (χ2n) is 11.3. The van der Waals surface area contributed by atoms with Crippen molar-refractivity contribution in [2.24, 2.45) is 0 Å². The van der Waals surface area contributed by atoms with E-state index in [4.69, 9.17) is 19.4 Å². The van der Waals surface area contributed by atoms with Crippen LogP contribution in [-0.2, 0) is 0 Å². The summed E-state index contributed by atoms with van der Waals surface area (Å²) < 4.78 is 6.59. The standard InChI is InChI=1S/C41H25N3O/c1-3-11-26(12-4-1)32-24-34(38-36(25-32)45-35-22-21-28-14-9-10-18-33(28)37(35)38)41-43-39(29-15-5-2-6-16-29)42-40(44-41)31-20-19-27-13-7-8-17-30(27)23-31/h1-25H. The molecule has 0 radical (unpaired) electrons. The van der Waals surface area contributed by atoms with E-state index in [9.17, 15) is 0 Å². The number of hydrogen-bond acceptors (Lipinski definition) is 4. The fraction of sp³-hybridized carbons (Fsp3) is 0. The Morgan fingerprint density at radius 1 is 0.356 bits per heavy atom. The van der Waals surface area contributed by atoms with Gasteiger partial charge in [-0.3, -0.25) is 0 Å². The normalized spacial score (nSPS) is 11.6. The molecule has 0 aliphatic heterocycles. The van der Waals surface area contributed by atoms with Gasteiger partial charge in [-0.15, -0.1) is 0 Å². The molecule has 9 rings (SSSR count). The first-order chi connectivity index (χ1) is 22.3. The van der Waals surface area contributed by atoms with Gasteiger partial charge in [-0.25, -0.2) is 15.0 Å². The van der Waals surface area contributed by atoms with E-state index in [1.165, 1.54) is 5.39 Å². The first kappa shape index (κ1) is 25.4. The molecular formula is C41H25N3O. The van der Waals surface area contributed by atoms with Gasteiger partial charge in [0.2, 0.25) is 0 Å². The lowest BCUT2D eigenvalue weighted by Gasteiger charge is -2.12. The van der Waals surface area contributed by atoms with E-state index in [0.717, 1.165) is 65.9 Å². The van der Waals surface area contributed by atoms with Crippen LogP contribution in [0.15, 0.2) is 156 Å². The molecule has 0 unspecified atom stereocenters. The Bertz CT molecular complexity index is 2540. The van der Waals surface area contributed by atoms with E-state index in [1.54, 1.807) is 0 Å². The number of fused-ring (bicyclic) bond motifs is 6. The molecule has 0 amide bonds. The predicted molar refractivity (Wildman–Crippen MR) is 184 cm³/mol. The van der Waals surface area contributed by atoms with Gasteiger partial charge in [0.15, 0.2) is 17.5 Å². The van der Waals surface area contributed by atoms with Gasteiger partial charge in [-0.2, -0.15) is 0 Å². The van der Waals surface area contributed by atoms with Crippen molar-refractivity contribution in [2.75, 3.05) is 0 Å². The summed E-state index contributed by atoms with van der Waals surface area (Å²) in [5.41, 5.74) is 6.54. The van der Waals surface area contributed by atoms with Crippen LogP contribution in [-0.4, -0.2) is 15.0 Å². The Morgan fingerprint density at radius 2 is 0.978 bits per heavy atom. The molecule has 2 aromatic heterocycles. The molecule has 7 aromatic carbocycles. The van der Waals surface area contributed by atoms with Gasteiger partial charge in [0.1, 0.15) is 11.2 Å². The van der Waals surface area contributed by atoms with Crippen molar-refractivity contribution in [2.45, 2.75) is 0 Å². The zero-order chi connectivity index (χ0) is 29.7. The quantitative estimate of drug-likeness (QED) is 0.209. The van der Waals surface area contributed by atoms with Gasteiger partial charge in [-0.05, 0) is 56.9 Å². The Morgan fingerprint density at radius 3 is 1.78 bits per heavy atom. The van der Waals surface area contributed by atoms with Gasteiger partial charge >= 0.3 is 0 Å². The topological polar surface area (TPSA) is 51.8 Å². The maximum Gasteiger partial charge on any atom is 0.164 e. The molecule has 0 saturated carbocycles. The first-order valence-electron chi connectivity index (χ1n) is 15.0. The lowest BCUT2D eigenvalue weighted by atomic mass is 9.96. The number of nitrogens with zero attached hydrogens (tertiary/aromatic N) is 3. The summed E-state index contributed by atoms with van der Waals surface area (Å²) in [6.45, 7) is 0. The van der Waals surface area contributed by atoms with Crippen LogP contribution in [0.5, 0.6) is 0 Å². The van der Waals surface area contributed by atoms with Crippen LogP contribution in [0.1, 0.15) is 0 Å². The SMILES string of the molecule is c1ccc(-c2cc(-c3nc(-c4ccccc4)nc(-c4ccc5ccccc5c4)n3)c3c(c2)oc2ccc4ccccc4c23)cc1. The zero-order valence-electron chi connectivity index (χ0n) is 24.2. The largest absolute Gasteiger partial charge is 0.456 e. The summed E-state index contributed by atoms with van der Waals surface area (Å²) in [7, 11) is 0. The third-order valence-electron chi connectivity index (χ3n) is 8.49. The highest BCUT2D eigenvalue weighted by Crippen LogP contribution is 2.42. The predicted octanol–water partition coefficient (Wildman–Crippen LogP) is 10.7. The van der Waals surface area contributed by atoms with E-state index in [0.29, 0.717) is 17.5 Å². The summed E-state index contributed by atoms with van der Waals surface area (Å²) in [5, 5.41) is 6.66. The third kappa shape index (κ3) is 4.35. The maximum atomic E-state index is 6.59. The molecule has 0 aliphatic rings. The Labute approximate surface area is 259 Å². The number of aromatic nitrogens is 3. The molecule has 0 N–H and O–H groups in total. The molecule has 0 atom stereocenters. The van der Waals surface area contributed by atoms with Crippen molar-refractivity contribution in [1.29, 1.82) is 0 Å². The molecule has 4 heteroatoms. The van der Waals surface area contributed by atoms with Crippen molar-refractivity contribution in [3.05, 3.63) is 152 Å².